The molecule has 1 aromatic heterocycles. The van der Waals surface area contributed by atoms with Gasteiger partial charge in [0.15, 0.2) is 0 Å². The van der Waals surface area contributed by atoms with Crippen LogP contribution in [0, 0.1) is 6.92 Å². The van der Waals surface area contributed by atoms with Crippen molar-refractivity contribution in [1.82, 2.24) is 5.43 Å². The quantitative estimate of drug-likeness (QED) is 0.511. The summed E-state index contributed by atoms with van der Waals surface area (Å²) in [5.74, 6) is 4.95. The van der Waals surface area contributed by atoms with Crippen LogP contribution in [-0.4, -0.2) is 13.0 Å². The van der Waals surface area contributed by atoms with Gasteiger partial charge < -0.3 is 4.90 Å². The Labute approximate surface area is 116 Å². The largest absolute Gasteiger partial charge is 0.370 e. The van der Waals surface area contributed by atoms with Crippen LogP contribution in [0.1, 0.15) is 20.8 Å². The van der Waals surface area contributed by atoms with Crippen molar-refractivity contribution in [2.45, 2.75) is 13.5 Å². The van der Waals surface area contributed by atoms with Gasteiger partial charge in [-0.15, -0.1) is 11.3 Å². The molecule has 0 spiro atoms. The number of nitrogens with two attached hydrogens (primary N) is 1. The summed E-state index contributed by atoms with van der Waals surface area (Å²) in [7, 11) is 2.01. The zero-order chi connectivity index (χ0) is 13.8. The molecule has 2 aromatic rings. The topological polar surface area (TPSA) is 58.4 Å². The molecule has 0 saturated carbocycles. The number of carbonyl (C=O) groups excluding carboxylic acids is 1. The number of hydrogen-bond acceptors (Lipinski definition) is 4. The minimum absolute atomic E-state index is 0.234. The van der Waals surface area contributed by atoms with Gasteiger partial charge in [0, 0.05) is 19.3 Å². The maximum atomic E-state index is 11.6. The maximum Gasteiger partial charge on any atom is 0.275 e. The Kier molecular flexibility index (Phi) is 4.19. The second-order valence-corrected chi connectivity index (χ2v) is 5.36. The standard InChI is InChI=1S/C14H17N3OS/c1-10-4-3-5-12(8-10)17(2)9-11-6-7-19-13(11)14(18)16-15/h3-8H,9,15H2,1-2H3,(H,16,18). The second kappa shape index (κ2) is 5.86. The fourth-order valence-electron chi connectivity index (χ4n) is 1.94. The van der Waals surface area contributed by atoms with E-state index < -0.39 is 0 Å². The van der Waals surface area contributed by atoms with Gasteiger partial charge in [0.2, 0.25) is 0 Å². The molecule has 1 amide bonds. The van der Waals surface area contributed by atoms with Crippen molar-refractivity contribution < 1.29 is 4.79 Å². The average Bonchev–Trinajstić information content (AvgIpc) is 2.86. The summed E-state index contributed by atoms with van der Waals surface area (Å²) in [5.41, 5.74) is 5.51. The first-order valence-corrected chi connectivity index (χ1v) is 6.85. The van der Waals surface area contributed by atoms with Crippen molar-refractivity contribution in [3.8, 4) is 0 Å². The highest BCUT2D eigenvalue weighted by Crippen LogP contribution is 2.21. The molecule has 5 heteroatoms. The lowest BCUT2D eigenvalue weighted by Gasteiger charge is -2.19. The Hall–Kier alpha value is -1.85. The second-order valence-electron chi connectivity index (χ2n) is 4.44. The number of carbonyl (C=O) groups is 1. The van der Waals surface area contributed by atoms with Crippen molar-refractivity contribution >= 4 is 22.9 Å². The predicted molar refractivity (Wildman–Crippen MR) is 79.3 cm³/mol. The number of aryl methyl sites for hydroxylation is 1. The summed E-state index contributed by atoms with van der Waals surface area (Å²) in [6, 6.07) is 10.2. The Balaban J connectivity index is 2.17. The van der Waals surface area contributed by atoms with Gasteiger partial charge in [-0.3, -0.25) is 10.2 Å². The minimum Gasteiger partial charge on any atom is -0.370 e. The molecule has 0 aliphatic heterocycles. The molecule has 0 saturated heterocycles. The van der Waals surface area contributed by atoms with E-state index in [0.29, 0.717) is 11.4 Å². The lowest BCUT2D eigenvalue weighted by molar-refractivity contribution is 0.0957. The molecule has 0 atom stereocenters. The highest BCUT2D eigenvalue weighted by Gasteiger charge is 2.13. The molecular formula is C14H17N3OS. The molecular weight excluding hydrogens is 258 g/mol. The number of amides is 1. The summed E-state index contributed by atoms with van der Waals surface area (Å²) in [6.45, 7) is 2.74. The van der Waals surface area contributed by atoms with Crippen LogP contribution in [0.4, 0.5) is 5.69 Å². The number of hydrazine groups is 1. The van der Waals surface area contributed by atoms with Gasteiger partial charge in [-0.2, -0.15) is 0 Å². The zero-order valence-electron chi connectivity index (χ0n) is 11.0. The molecule has 0 fully saturated rings. The Morgan fingerprint density at radius 3 is 2.89 bits per heavy atom. The molecule has 0 aliphatic carbocycles. The van der Waals surface area contributed by atoms with Crippen LogP contribution in [0.2, 0.25) is 0 Å². The lowest BCUT2D eigenvalue weighted by atomic mass is 10.2. The highest BCUT2D eigenvalue weighted by molar-refractivity contribution is 7.12. The Morgan fingerprint density at radius 1 is 1.42 bits per heavy atom. The van der Waals surface area contributed by atoms with Crippen LogP contribution in [-0.2, 0) is 6.54 Å². The first-order chi connectivity index (χ1) is 9.11. The summed E-state index contributed by atoms with van der Waals surface area (Å²) < 4.78 is 0. The van der Waals surface area contributed by atoms with E-state index in [1.807, 2.05) is 24.6 Å². The number of benzene rings is 1. The van der Waals surface area contributed by atoms with Gasteiger partial charge in [0.1, 0.15) is 0 Å². The van der Waals surface area contributed by atoms with Gasteiger partial charge in [-0.25, -0.2) is 5.84 Å². The van der Waals surface area contributed by atoms with Gasteiger partial charge >= 0.3 is 0 Å². The van der Waals surface area contributed by atoms with Crippen LogP contribution >= 0.6 is 11.3 Å². The number of anilines is 1. The van der Waals surface area contributed by atoms with Crippen LogP contribution in [0.15, 0.2) is 35.7 Å². The summed E-state index contributed by atoms with van der Waals surface area (Å²) in [4.78, 5) is 14.4. The fraction of sp³-hybridized carbons (Fsp3) is 0.214. The van der Waals surface area contributed by atoms with Crippen LogP contribution < -0.4 is 16.2 Å². The Morgan fingerprint density at radius 2 is 2.21 bits per heavy atom. The van der Waals surface area contributed by atoms with Crippen molar-refractivity contribution in [3.63, 3.8) is 0 Å². The molecule has 0 bridgehead atoms. The van der Waals surface area contributed by atoms with Crippen molar-refractivity contribution in [2.75, 3.05) is 11.9 Å². The number of nitrogens with one attached hydrogen (secondary N) is 1. The highest BCUT2D eigenvalue weighted by atomic mass is 32.1. The van der Waals surface area contributed by atoms with Crippen molar-refractivity contribution in [1.29, 1.82) is 0 Å². The van der Waals surface area contributed by atoms with Gasteiger partial charge in [0.05, 0.1) is 4.88 Å². The first kappa shape index (κ1) is 13.6. The molecule has 0 unspecified atom stereocenters. The fourth-order valence-corrected chi connectivity index (χ4v) is 2.76. The van der Waals surface area contributed by atoms with Crippen molar-refractivity contribution in [3.05, 3.63) is 51.7 Å². The zero-order valence-corrected chi connectivity index (χ0v) is 11.8. The van der Waals surface area contributed by atoms with Gasteiger partial charge in [-0.1, -0.05) is 12.1 Å². The van der Waals surface area contributed by atoms with Gasteiger partial charge in [0.25, 0.3) is 5.91 Å². The molecule has 1 aromatic carbocycles. The third kappa shape index (κ3) is 3.13. The summed E-state index contributed by atoms with van der Waals surface area (Å²) in [6.07, 6.45) is 0. The smallest absolute Gasteiger partial charge is 0.275 e. The summed E-state index contributed by atoms with van der Waals surface area (Å²) >= 11 is 1.40. The summed E-state index contributed by atoms with van der Waals surface area (Å²) in [5, 5.41) is 1.91. The predicted octanol–water partition coefficient (Wildman–Crippen LogP) is 2.30. The molecule has 0 radical (unpaired) electrons. The van der Waals surface area contributed by atoms with E-state index in [4.69, 9.17) is 5.84 Å². The first-order valence-electron chi connectivity index (χ1n) is 5.97. The third-order valence-electron chi connectivity index (χ3n) is 2.93. The van der Waals surface area contributed by atoms with Crippen molar-refractivity contribution in [2.24, 2.45) is 5.84 Å². The number of rotatable bonds is 4. The third-order valence-corrected chi connectivity index (χ3v) is 3.89. The molecule has 3 N–H and O–H groups in total. The normalized spacial score (nSPS) is 10.3. The van der Waals surface area contributed by atoms with Crippen LogP contribution in [0.5, 0.6) is 0 Å². The SMILES string of the molecule is Cc1cccc(N(C)Cc2ccsc2C(=O)NN)c1. The average molecular weight is 275 g/mol. The van der Waals surface area contributed by atoms with Gasteiger partial charge in [-0.05, 0) is 41.6 Å². The van der Waals surface area contributed by atoms with E-state index in [0.717, 1.165) is 11.3 Å². The molecule has 2 rings (SSSR count). The molecule has 100 valence electrons. The van der Waals surface area contributed by atoms with E-state index in [1.54, 1.807) is 0 Å². The minimum atomic E-state index is -0.234. The van der Waals surface area contributed by atoms with E-state index in [9.17, 15) is 4.79 Å². The molecule has 19 heavy (non-hydrogen) atoms. The van der Waals surface area contributed by atoms with Crippen LogP contribution in [0.25, 0.3) is 0 Å². The van der Waals surface area contributed by atoms with E-state index in [-0.39, 0.29) is 5.91 Å². The number of nitrogen functional groups attached to an aromatic ring is 1. The lowest BCUT2D eigenvalue weighted by Crippen LogP contribution is -2.30. The number of thiophene rings is 1. The van der Waals surface area contributed by atoms with E-state index >= 15 is 0 Å². The number of hydrogen-bond donors (Lipinski definition) is 2. The maximum absolute atomic E-state index is 11.6. The van der Waals surface area contributed by atoms with E-state index in [1.165, 1.54) is 16.9 Å². The number of nitrogens with zero attached hydrogens (tertiary/aromatic N) is 1. The molecule has 0 aliphatic rings. The molecule has 1 heterocycles. The van der Waals surface area contributed by atoms with Crippen LogP contribution in [0.3, 0.4) is 0 Å². The van der Waals surface area contributed by atoms with E-state index in [2.05, 4.69) is 35.4 Å². The Bertz CT molecular complexity index is 580. The molecule has 4 nitrogen and oxygen atoms in total. The monoisotopic (exact) mass is 275 g/mol.